The number of nitrogens with two attached hydrogens (primary N) is 1. The molecule has 0 unspecified atom stereocenters. The minimum absolute atomic E-state index is 0.358. The number of ether oxygens (including phenoxy) is 1. The molecule has 0 bridgehead atoms. The number of esters is 1. The van der Waals surface area contributed by atoms with Crippen molar-refractivity contribution in [1.29, 1.82) is 0 Å². The normalized spacial score (nSPS) is 9.31. The molecule has 1 aromatic rings. The second kappa shape index (κ2) is 4.97. The topological polar surface area (TPSA) is 81.4 Å². The van der Waals surface area contributed by atoms with Gasteiger partial charge in [0.2, 0.25) is 0 Å². The number of rotatable bonds is 3. The molecule has 0 heterocycles. The van der Waals surface area contributed by atoms with Crippen LogP contribution in [0, 0.1) is 6.92 Å². The van der Waals surface area contributed by atoms with E-state index in [9.17, 15) is 9.59 Å². The number of anilines is 1. The number of aryl methyl sites for hydroxylation is 1. The van der Waals surface area contributed by atoms with Crippen molar-refractivity contribution in [2.24, 2.45) is 5.73 Å². The average Bonchev–Trinajstić information content (AvgIpc) is 2.22. The summed E-state index contributed by atoms with van der Waals surface area (Å²) in [6.45, 7) is 5.07. The molecule has 84 valence electrons. The summed E-state index contributed by atoms with van der Waals surface area (Å²) in [6.07, 6.45) is 1.06. The Hall–Kier alpha value is -2.30. The number of carbonyl (C=O) groups is 2. The Bertz CT molecular complexity index is 441. The first kappa shape index (κ1) is 11.8. The fourth-order valence-electron chi connectivity index (χ4n) is 1.08. The van der Waals surface area contributed by atoms with Gasteiger partial charge in [0.1, 0.15) is 5.75 Å². The van der Waals surface area contributed by atoms with E-state index in [4.69, 9.17) is 10.5 Å². The van der Waals surface area contributed by atoms with Crippen LogP contribution < -0.4 is 15.8 Å². The third-order valence-electron chi connectivity index (χ3n) is 1.83. The van der Waals surface area contributed by atoms with Gasteiger partial charge in [-0.3, -0.25) is 0 Å². The summed E-state index contributed by atoms with van der Waals surface area (Å²) in [6, 6.07) is 4.20. The first-order valence-corrected chi connectivity index (χ1v) is 4.54. The van der Waals surface area contributed by atoms with Crippen molar-refractivity contribution in [1.82, 2.24) is 0 Å². The predicted molar refractivity (Wildman–Crippen MR) is 60.2 cm³/mol. The first-order chi connectivity index (χ1) is 7.52. The van der Waals surface area contributed by atoms with Crippen LogP contribution in [0.5, 0.6) is 5.75 Å². The molecule has 0 fully saturated rings. The van der Waals surface area contributed by atoms with E-state index in [0.29, 0.717) is 11.4 Å². The summed E-state index contributed by atoms with van der Waals surface area (Å²) in [7, 11) is 0. The van der Waals surface area contributed by atoms with Crippen molar-refractivity contribution in [3.8, 4) is 5.75 Å². The van der Waals surface area contributed by atoms with E-state index in [1.54, 1.807) is 19.1 Å². The van der Waals surface area contributed by atoms with Gasteiger partial charge in [-0.2, -0.15) is 0 Å². The third-order valence-corrected chi connectivity index (χ3v) is 1.83. The number of primary amides is 1. The van der Waals surface area contributed by atoms with Crippen molar-refractivity contribution in [3.05, 3.63) is 36.4 Å². The van der Waals surface area contributed by atoms with Crippen LogP contribution in [0.15, 0.2) is 30.9 Å². The maximum Gasteiger partial charge on any atom is 0.335 e. The van der Waals surface area contributed by atoms with Crippen LogP contribution in [0.3, 0.4) is 0 Å². The van der Waals surface area contributed by atoms with Crippen LogP contribution in [0.2, 0.25) is 0 Å². The van der Waals surface area contributed by atoms with Crippen molar-refractivity contribution < 1.29 is 14.3 Å². The van der Waals surface area contributed by atoms with Crippen molar-refractivity contribution in [3.63, 3.8) is 0 Å². The molecule has 0 aliphatic rings. The Balaban J connectivity index is 2.94. The zero-order valence-corrected chi connectivity index (χ0v) is 8.82. The van der Waals surface area contributed by atoms with Gasteiger partial charge in [-0.05, 0) is 18.6 Å². The minimum Gasteiger partial charge on any atom is -0.423 e. The largest absolute Gasteiger partial charge is 0.423 e. The molecular weight excluding hydrogens is 208 g/mol. The van der Waals surface area contributed by atoms with E-state index in [1.807, 2.05) is 0 Å². The monoisotopic (exact) mass is 220 g/mol. The van der Waals surface area contributed by atoms with Crippen LogP contribution in [0.4, 0.5) is 10.5 Å². The van der Waals surface area contributed by atoms with Gasteiger partial charge in [0.05, 0.1) is 0 Å². The molecule has 1 rings (SSSR count). The van der Waals surface area contributed by atoms with E-state index >= 15 is 0 Å². The Labute approximate surface area is 92.9 Å². The highest BCUT2D eigenvalue weighted by Gasteiger charge is 2.06. The van der Waals surface area contributed by atoms with Gasteiger partial charge >= 0.3 is 12.0 Å². The van der Waals surface area contributed by atoms with Gasteiger partial charge < -0.3 is 15.8 Å². The van der Waals surface area contributed by atoms with Gasteiger partial charge in [-0.1, -0.05) is 12.6 Å². The van der Waals surface area contributed by atoms with E-state index in [2.05, 4.69) is 11.9 Å². The molecule has 2 amide bonds. The summed E-state index contributed by atoms with van der Waals surface area (Å²) < 4.78 is 4.97. The zero-order valence-electron chi connectivity index (χ0n) is 8.82. The molecule has 5 heteroatoms. The summed E-state index contributed by atoms with van der Waals surface area (Å²) in [4.78, 5) is 21.6. The molecule has 0 radical (unpaired) electrons. The quantitative estimate of drug-likeness (QED) is 0.461. The van der Waals surface area contributed by atoms with Crippen molar-refractivity contribution >= 4 is 17.7 Å². The van der Waals surface area contributed by atoms with Gasteiger partial charge in [-0.25, -0.2) is 9.59 Å². The van der Waals surface area contributed by atoms with Gasteiger partial charge in [0.15, 0.2) is 0 Å². The van der Waals surface area contributed by atoms with Crippen LogP contribution in [-0.2, 0) is 4.79 Å². The SMILES string of the molecule is C=CC(=O)Oc1cc(NC(N)=O)ccc1C. The molecule has 0 aromatic heterocycles. The molecule has 0 aliphatic heterocycles. The number of benzene rings is 1. The molecule has 3 N–H and O–H groups in total. The van der Waals surface area contributed by atoms with Gasteiger partial charge in [-0.15, -0.1) is 0 Å². The summed E-state index contributed by atoms with van der Waals surface area (Å²) in [5.74, 6) is -0.199. The third kappa shape index (κ3) is 3.13. The Morgan fingerprint density at radius 3 is 2.75 bits per heavy atom. The van der Waals surface area contributed by atoms with Gasteiger partial charge in [0, 0.05) is 17.8 Å². The highest BCUT2D eigenvalue weighted by atomic mass is 16.5. The van der Waals surface area contributed by atoms with E-state index in [0.717, 1.165) is 11.6 Å². The Morgan fingerprint density at radius 2 is 2.19 bits per heavy atom. The number of urea groups is 1. The summed E-state index contributed by atoms with van der Waals surface area (Å²) >= 11 is 0. The highest BCUT2D eigenvalue weighted by Crippen LogP contribution is 2.22. The maximum atomic E-state index is 11.0. The number of hydrogen-bond donors (Lipinski definition) is 2. The van der Waals surface area contributed by atoms with Crippen molar-refractivity contribution in [2.75, 3.05) is 5.32 Å². The standard InChI is InChI=1S/C11H12N2O3/c1-3-10(14)16-9-6-8(13-11(12)15)5-4-7(9)2/h3-6H,1H2,2H3,(H3,12,13,15). The molecule has 0 aliphatic carbocycles. The lowest BCUT2D eigenvalue weighted by atomic mass is 10.2. The lowest BCUT2D eigenvalue weighted by molar-refractivity contribution is -0.129. The number of hydrogen-bond acceptors (Lipinski definition) is 3. The number of carbonyl (C=O) groups excluding carboxylic acids is 2. The highest BCUT2D eigenvalue weighted by molar-refractivity contribution is 5.88. The molecule has 1 aromatic carbocycles. The number of nitrogens with one attached hydrogen (secondary N) is 1. The first-order valence-electron chi connectivity index (χ1n) is 4.54. The molecule has 0 spiro atoms. The Kier molecular flexibility index (Phi) is 3.66. The lowest BCUT2D eigenvalue weighted by Crippen LogP contribution is -2.19. The Morgan fingerprint density at radius 1 is 1.50 bits per heavy atom. The second-order valence-corrected chi connectivity index (χ2v) is 3.09. The van der Waals surface area contributed by atoms with E-state index < -0.39 is 12.0 Å². The fraction of sp³-hybridized carbons (Fsp3) is 0.0909. The maximum absolute atomic E-state index is 11.0. The smallest absolute Gasteiger partial charge is 0.335 e. The summed E-state index contributed by atoms with van der Waals surface area (Å²) in [5, 5.41) is 2.39. The van der Waals surface area contributed by atoms with Crippen LogP contribution in [0.25, 0.3) is 0 Å². The van der Waals surface area contributed by atoms with Crippen LogP contribution in [0.1, 0.15) is 5.56 Å². The van der Waals surface area contributed by atoms with E-state index in [1.165, 1.54) is 6.07 Å². The molecule has 0 saturated carbocycles. The van der Waals surface area contributed by atoms with E-state index in [-0.39, 0.29) is 0 Å². The molecule has 5 nitrogen and oxygen atoms in total. The lowest BCUT2D eigenvalue weighted by Gasteiger charge is -2.08. The second-order valence-electron chi connectivity index (χ2n) is 3.09. The van der Waals surface area contributed by atoms with Gasteiger partial charge in [0.25, 0.3) is 0 Å². The molecule has 16 heavy (non-hydrogen) atoms. The predicted octanol–water partition coefficient (Wildman–Crippen LogP) is 1.58. The number of amides is 2. The molecule has 0 atom stereocenters. The zero-order chi connectivity index (χ0) is 12.1. The van der Waals surface area contributed by atoms with Crippen LogP contribution in [-0.4, -0.2) is 12.0 Å². The summed E-state index contributed by atoms with van der Waals surface area (Å²) in [5.41, 5.74) is 6.20. The average molecular weight is 220 g/mol. The van der Waals surface area contributed by atoms with Crippen LogP contribution >= 0.6 is 0 Å². The van der Waals surface area contributed by atoms with Crippen molar-refractivity contribution in [2.45, 2.75) is 6.92 Å². The minimum atomic E-state index is -0.676. The molecule has 0 saturated heterocycles. The fourth-order valence-corrected chi connectivity index (χ4v) is 1.08. The molecular formula is C11H12N2O3.